The third-order valence-electron chi connectivity index (χ3n) is 5.77. The van der Waals surface area contributed by atoms with Crippen LogP contribution in [0.3, 0.4) is 0 Å². The number of nitro groups is 1. The number of ketones is 1. The maximum absolute atomic E-state index is 13.6. The zero-order chi connectivity index (χ0) is 22.3. The van der Waals surface area contributed by atoms with E-state index in [4.69, 9.17) is 0 Å². The quantitative estimate of drug-likeness (QED) is 0.452. The minimum Gasteiger partial charge on any atom is -0.294 e. The van der Waals surface area contributed by atoms with E-state index < -0.39 is 4.92 Å². The number of fused-ring (bicyclic) bond motifs is 1. The van der Waals surface area contributed by atoms with Gasteiger partial charge in [0.1, 0.15) is 0 Å². The topological polar surface area (TPSA) is 82.2 Å². The highest BCUT2D eigenvalue weighted by atomic mass is 16.6. The van der Waals surface area contributed by atoms with Gasteiger partial charge in [-0.15, -0.1) is 0 Å². The number of rotatable bonds is 4. The van der Waals surface area contributed by atoms with Crippen molar-refractivity contribution in [2.45, 2.75) is 40.0 Å². The Hall–Kier alpha value is -3.54. The minimum absolute atomic E-state index is 0.0207. The minimum atomic E-state index is -0.452. The van der Waals surface area contributed by atoms with E-state index in [1.807, 2.05) is 45.0 Å². The van der Waals surface area contributed by atoms with E-state index in [1.54, 1.807) is 22.8 Å². The zero-order valence-corrected chi connectivity index (χ0v) is 17.8. The highest BCUT2D eigenvalue weighted by molar-refractivity contribution is 5.99. The molecule has 1 heterocycles. The lowest BCUT2D eigenvalue weighted by Crippen LogP contribution is -2.35. The molecule has 3 aromatic rings. The van der Waals surface area contributed by atoms with Crippen LogP contribution in [0.25, 0.3) is 5.69 Å². The maximum atomic E-state index is 13.6. The molecule has 6 heteroatoms. The van der Waals surface area contributed by atoms with Gasteiger partial charge in [-0.1, -0.05) is 43.7 Å². The summed E-state index contributed by atoms with van der Waals surface area (Å²) in [5.41, 5.74) is 3.76. The first-order chi connectivity index (χ1) is 14.6. The van der Waals surface area contributed by atoms with Crippen LogP contribution in [0.15, 0.2) is 59.4 Å². The van der Waals surface area contributed by atoms with E-state index >= 15 is 0 Å². The van der Waals surface area contributed by atoms with Crippen molar-refractivity contribution in [2.75, 3.05) is 0 Å². The van der Waals surface area contributed by atoms with Crippen molar-refractivity contribution in [1.29, 1.82) is 0 Å². The Labute approximate surface area is 180 Å². The lowest BCUT2D eigenvalue weighted by atomic mass is 9.75. The number of aryl methyl sites for hydroxylation is 1. The van der Waals surface area contributed by atoms with Gasteiger partial charge in [0.15, 0.2) is 5.78 Å². The smallest absolute Gasteiger partial charge is 0.269 e. The van der Waals surface area contributed by atoms with Crippen LogP contribution < -0.4 is 5.56 Å². The number of Topliss-reactive ketones (excluding diaryl/α,β-unsaturated/α-hetero) is 1. The molecule has 31 heavy (non-hydrogen) atoms. The molecule has 0 radical (unpaired) electrons. The molecule has 1 aliphatic rings. The molecule has 0 saturated carbocycles. The summed E-state index contributed by atoms with van der Waals surface area (Å²) in [4.78, 5) is 37.3. The Balaban J connectivity index is 1.91. The van der Waals surface area contributed by atoms with E-state index in [0.717, 1.165) is 16.9 Å². The van der Waals surface area contributed by atoms with Gasteiger partial charge in [0.2, 0.25) is 0 Å². The monoisotopic (exact) mass is 416 g/mol. The van der Waals surface area contributed by atoms with E-state index in [1.165, 1.54) is 12.1 Å². The number of carbonyl (C=O) groups is 1. The Morgan fingerprint density at radius 1 is 1.03 bits per heavy atom. The molecular weight excluding hydrogens is 392 g/mol. The van der Waals surface area contributed by atoms with Gasteiger partial charge >= 0.3 is 0 Å². The van der Waals surface area contributed by atoms with Gasteiger partial charge in [0, 0.05) is 47.5 Å². The van der Waals surface area contributed by atoms with Crippen molar-refractivity contribution in [3.8, 4) is 5.69 Å². The van der Waals surface area contributed by atoms with Gasteiger partial charge < -0.3 is 0 Å². The van der Waals surface area contributed by atoms with Crippen LogP contribution in [0.2, 0.25) is 0 Å². The van der Waals surface area contributed by atoms with Crippen molar-refractivity contribution in [3.05, 3.63) is 103 Å². The number of nitro benzene ring substituents is 1. The number of aromatic nitrogens is 1. The maximum Gasteiger partial charge on any atom is 0.269 e. The van der Waals surface area contributed by atoms with Crippen molar-refractivity contribution >= 4 is 11.5 Å². The molecule has 0 N–H and O–H groups in total. The molecule has 0 saturated heterocycles. The molecule has 0 aliphatic heterocycles. The molecule has 0 unspecified atom stereocenters. The van der Waals surface area contributed by atoms with Crippen molar-refractivity contribution in [1.82, 2.24) is 4.57 Å². The fraction of sp³-hybridized carbons (Fsp3) is 0.280. The van der Waals surface area contributed by atoms with Crippen molar-refractivity contribution in [3.63, 3.8) is 0 Å². The molecule has 1 aromatic heterocycles. The lowest BCUT2D eigenvalue weighted by molar-refractivity contribution is -0.384. The average Bonchev–Trinajstić information content (AvgIpc) is 2.70. The van der Waals surface area contributed by atoms with Crippen LogP contribution in [-0.4, -0.2) is 15.3 Å². The van der Waals surface area contributed by atoms with Crippen LogP contribution >= 0.6 is 0 Å². The van der Waals surface area contributed by atoms with Crippen LogP contribution in [0.1, 0.15) is 53.0 Å². The molecule has 0 bridgehead atoms. The van der Waals surface area contributed by atoms with Gasteiger partial charge in [-0.2, -0.15) is 0 Å². The largest absolute Gasteiger partial charge is 0.294 e. The molecule has 4 rings (SSSR count). The number of nitrogens with zero attached hydrogens (tertiary/aromatic N) is 2. The first-order valence-electron chi connectivity index (χ1n) is 10.3. The summed E-state index contributed by atoms with van der Waals surface area (Å²) in [6, 6.07) is 15.6. The van der Waals surface area contributed by atoms with Crippen molar-refractivity contribution < 1.29 is 9.72 Å². The van der Waals surface area contributed by atoms with Gasteiger partial charge in [-0.25, -0.2) is 0 Å². The Morgan fingerprint density at radius 2 is 1.74 bits per heavy atom. The van der Waals surface area contributed by atoms with Crippen LogP contribution in [0.5, 0.6) is 0 Å². The first kappa shape index (κ1) is 20.7. The summed E-state index contributed by atoms with van der Waals surface area (Å²) >= 11 is 0. The summed E-state index contributed by atoms with van der Waals surface area (Å²) in [6.07, 6.45) is 1.26. The van der Waals surface area contributed by atoms with Gasteiger partial charge in [-0.05, 0) is 42.5 Å². The summed E-state index contributed by atoms with van der Waals surface area (Å²) in [7, 11) is 0. The summed E-state index contributed by atoms with van der Waals surface area (Å²) in [6.45, 7) is 6.05. The Kier molecular flexibility index (Phi) is 5.09. The second-order valence-electron chi connectivity index (χ2n) is 9.05. The predicted molar refractivity (Wildman–Crippen MR) is 119 cm³/mol. The highest BCUT2D eigenvalue weighted by Gasteiger charge is 2.34. The third-order valence-corrected chi connectivity index (χ3v) is 5.77. The highest BCUT2D eigenvalue weighted by Crippen LogP contribution is 2.35. The van der Waals surface area contributed by atoms with Crippen LogP contribution in [-0.2, 0) is 12.8 Å². The molecule has 158 valence electrons. The molecule has 0 amide bonds. The van der Waals surface area contributed by atoms with E-state index in [0.29, 0.717) is 29.5 Å². The SMILES string of the molecule is Cc1ccc(-n2c3c(cc(Cc4cccc([N+](=O)[O-])c4)c2=O)C(=O)CC(C)(C)C3)cc1. The second-order valence-corrected chi connectivity index (χ2v) is 9.05. The summed E-state index contributed by atoms with van der Waals surface area (Å²) in [5, 5.41) is 11.1. The van der Waals surface area contributed by atoms with Gasteiger partial charge in [0.05, 0.1) is 4.92 Å². The fourth-order valence-electron chi connectivity index (χ4n) is 4.26. The third kappa shape index (κ3) is 4.06. The molecule has 0 spiro atoms. The normalized spacial score (nSPS) is 14.9. The summed E-state index contributed by atoms with van der Waals surface area (Å²) in [5.74, 6) is 0.0207. The molecular formula is C25H24N2O4. The van der Waals surface area contributed by atoms with Crippen molar-refractivity contribution in [2.24, 2.45) is 5.41 Å². The lowest BCUT2D eigenvalue weighted by Gasteiger charge is -2.32. The number of non-ortho nitro benzene ring substituents is 1. The first-order valence-corrected chi connectivity index (χ1v) is 10.3. The van der Waals surface area contributed by atoms with E-state index in [2.05, 4.69) is 0 Å². The number of carbonyl (C=O) groups excluding carboxylic acids is 1. The predicted octanol–water partition coefficient (Wildman–Crippen LogP) is 4.80. The zero-order valence-electron chi connectivity index (χ0n) is 17.8. The number of benzene rings is 2. The molecule has 1 aliphatic carbocycles. The molecule has 0 fully saturated rings. The summed E-state index contributed by atoms with van der Waals surface area (Å²) < 4.78 is 1.65. The molecule has 0 atom stereocenters. The fourth-order valence-corrected chi connectivity index (χ4v) is 4.26. The number of pyridine rings is 1. The Bertz CT molecular complexity index is 1250. The van der Waals surface area contributed by atoms with Crippen LogP contribution in [0, 0.1) is 22.5 Å². The molecule has 2 aromatic carbocycles. The second kappa shape index (κ2) is 7.61. The number of hydrogen-bond donors (Lipinski definition) is 0. The standard InChI is InChI=1S/C25H24N2O4/c1-16-7-9-19(10-8-16)26-22-14-25(2,3)15-23(28)21(22)13-18(24(26)29)11-17-5-4-6-20(12-17)27(30)31/h4-10,12-13H,11,14-15H2,1-3H3. The van der Waals surface area contributed by atoms with E-state index in [-0.39, 0.29) is 28.9 Å². The average molecular weight is 416 g/mol. The molecule has 6 nitrogen and oxygen atoms in total. The van der Waals surface area contributed by atoms with Crippen LogP contribution in [0.4, 0.5) is 5.69 Å². The van der Waals surface area contributed by atoms with E-state index in [9.17, 15) is 19.7 Å². The van der Waals surface area contributed by atoms with Gasteiger partial charge in [-0.3, -0.25) is 24.3 Å². The Morgan fingerprint density at radius 3 is 2.42 bits per heavy atom. The number of hydrogen-bond acceptors (Lipinski definition) is 4. The van der Waals surface area contributed by atoms with Gasteiger partial charge in [0.25, 0.3) is 11.2 Å².